The number of rotatable bonds is 8. The van der Waals surface area contributed by atoms with Gasteiger partial charge in [-0.1, -0.05) is 0 Å². The summed E-state index contributed by atoms with van der Waals surface area (Å²) < 4.78 is 5.22. The molecule has 1 aliphatic heterocycles. The van der Waals surface area contributed by atoms with E-state index in [0.29, 0.717) is 5.75 Å². The van der Waals surface area contributed by atoms with Crippen LogP contribution in [0.3, 0.4) is 0 Å². The van der Waals surface area contributed by atoms with Crippen LogP contribution < -0.4 is 26.0 Å². The lowest BCUT2D eigenvalue weighted by atomic mass is 10.1. The topological polar surface area (TPSA) is 96.7 Å². The highest BCUT2D eigenvalue weighted by molar-refractivity contribution is 5.96. The van der Waals surface area contributed by atoms with Crippen molar-refractivity contribution < 1.29 is 14.3 Å². The molecule has 7 nitrogen and oxygen atoms in total. The minimum atomic E-state index is -0.526. The zero-order valence-electron chi connectivity index (χ0n) is 16.7. The van der Waals surface area contributed by atoms with Gasteiger partial charge in [0.25, 0.3) is 5.91 Å². The smallest absolute Gasteiger partial charge is 0.255 e. The molecule has 29 heavy (non-hydrogen) atoms. The monoisotopic (exact) mass is 396 g/mol. The number of hydrogen-bond donors (Lipinski definition) is 3. The van der Waals surface area contributed by atoms with Gasteiger partial charge in [0.15, 0.2) is 6.61 Å². The zero-order valence-corrected chi connectivity index (χ0v) is 16.7. The van der Waals surface area contributed by atoms with Crippen molar-refractivity contribution in [2.24, 2.45) is 5.73 Å². The van der Waals surface area contributed by atoms with E-state index in [1.165, 1.54) is 24.9 Å². The molecule has 1 unspecified atom stereocenters. The van der Waals surface area contributed by atoms with E-state index in [9.17, 15) is 9.59 Å². The molecule has 1 aliphatic rings. The summed E-state index contributed by atoms with van der Waals surface area (Å²) in [5.41, 5.74) is 7.81. The van der Waals surface area contributed by atoms with E-state index < -0.39 is 11.9 Å². The predicted octanol–water partition coefficient (Wildman–Crippen LogP) is 2.98. The van der Waals surface area contributed by atoms with Crippen molar-refractivity contribution in [2.75, 3.05) is 35.2 Å². The average Bonchev–Trinajstić information content (AvgIpc) is 2.74. The number of nitrogens with zero attached hydrogens (tertiary/aromatic N) is 1. The molecule has 0 saturated carbocycles. The average molecular weight is 396 g/mol. The van der Waals surface area contributed by atoms with Gasteiger partial charge in [-0.15, -0.1) is 0 Å². The molecule has 154 valence electrons. The van der Waals surface area contributed by atoms with Crippen molar-refractivity contribution in [3.05, 3.63) is 48.5 Å². The second kappa shape index (κ2) is 9.82. The first kappa shape index (κ1) is 20.5. The summed E-state index contributed by atoms with van der Waals surface area (Å²) in [7, 11) is 0. The van der Waals surface area contributed by atoms with Gasteiger partial charge >= 0.3 is 0 Å². The van der Waals surface area contributed by atoms with Gasteiger partial charge in [0.1, 0.15) is 11.8 Å². The fourth-order valence-electron chi connectivity index (χ4n) is 3.28. The molecule has 2 aromatic carbocycles. The molecular weight excluding hydrogens is 368 g/mol. The lowest BCUT2D eigenvalue weighted by Gasteiger charge is -2.28. The quantitative estimate of drug-likeness (QED) is 0.637. The highest BCUT2D eigenvalue weighted by Crippen LogP contribution is 2.22. The SMILES string of the molecule is CC(Nc1ccc(OCC(N)=O)cc1)C(=O)Nc1ccc(N2CCCCC2)cc1. The van der Waals surface area contributed by atoms with Crippen LogP contribution in [0, 0.1) is 0 Å². The van der Waals surface area contributed by atoms with Gasteiger partial charge in [0.05, 0.1) is 0 Å². The second-order valence-corrected chi connectivity index (χ2v) is 7.23. The number of carbonyl (C=O) groups excluding carboxylic acids is 2. The molecule has 0 spiro atoms. The molecule has 7 heteroatoms. The minimum Gasteiger partial charge on any atom is -0.484 e. The summed E-state index contributed by atoms with van der Waals surface area (Å²) >= 11 is 0. The Bertz CT molecular complexity index is 815. The van der Waals surface area contributed by atoms with E-state index in [2.05, 4.69) is 27.7 Å². The number of ether oxygens (including phenoxy) is 1. The minimum absolute atomic E-state index is 0.121. The fourth-order valence-corrected chi connectivity index (χ4v) is 3.28. The van der Waals surface area contributed by atoms with E-state index in [4.69, 9.17) is 10.5 Å². The van der Waals surface area contributed by atoms with E-state index in [0.717, 1.165) is 24.5 Å². The number of benzene rings is 2. The van der Waals surface area contributed by atoms with E-state index in [-0.39, 0.29) is 12.5 Å². The van der Waals surface area contributed by atoms with Crippen LogP contribution in [0.4, 0.5) is 17.1 Å². The van der Waals surface area contributed by atoms with Crippen molar-refractivity contribution in [2.45, 2.75) is 32.2 Å². The van der Waals surface area contributed by atoms with Gasteiger partial charge in [0, 0.05) is 30.2 Å². The molecule has 0 bridgehead atoms. The number of piperidine rings is 1. The van der Waals surface area contributed by atoms with Crippen LogP contribution in [0.1, 0.15) is 26.2 Å². The van der Waals surface area contributed by atoms with E-state index in [1.807, 2.05) is 12.1 Å². The van der Waals surface area contributed by atoms with Crippen LogP contribution >= 0.6 is 0 Å². The molecule has 1 saturated heterocycles. The molecule has 1 heterocycles. The first-order valence-corrected chi connectivity index (χ1v) is 9.95. The van der Waals surface area contributed by atoms with Gasteiger partial charge < -0.3 is 26.0 Å². The molecule has 3 rings (SSSR count). The summed E-state index contributed by atoms with van der Waals surface area (Å²) in [6.45, 7) is 3.83. The maximum Gasteiger partial charge on any atom is 0.255 e. The van der Waals surface area contributed by atoms with Crippen LogP contribution in [-0.2, 0) is 9.59 Å². The summed E-state index contributed by atoms with van der Waals surface area (Å²) in [6, 6.07) is 14.6. The van der Waals surface area contributed by atoms with Crippen LogP contribution in [0.5, 0.6) is 5.75 Å². The summed E-state index contributed by atoms with van der Waals surface area (Å²) in [4.78, 5) is 25.6. The number of primary amides is 1. The van der Waals surface area contributed by atoms with Crippen molar-refractivity contribution in [1.82, 2.24) is 0 Å². The molecule has 1 atom stereocenters. The maximum absolute atomic E-state index is 12.5. The van der Waals surface area contributed by atoms with Crippen molar-refractivity contribution in [1.29, 1.82) is 0 Å². The molecule has 0 aliphatic carbocycles. The lowest BCUT2D eigenvalue weighted by molar-refractivity contribution is -0.120. The van der Waals surface area contributed by atoms with E-state index >= 15 is 0 Å². The van der Waals surface area contributed by atoms with Gasteiger partial charge in [-0.25, -0.2) is 0 Å². The molecular formula is C22H28N4O3. The van der Waals surface area contributed by atoms with Crippen molar-refractivity contribution in [3.63, 3.8) is 0 Å². The maximum atomic E-state index is 12.5. The first-order chi connectivity index (χ1) is 14.0. The summed E-state index contributed by atoms with van der Waals surface area (Å²) in [5.74, 6) is -0.105. The first-order valence-electron chi connectivity index (χ1n) is 9.95. The third-order valence-electron chi connectivity index (χ3n) is 4.87. The Morgan fingerprint density at radius 3 is 2.24 bits per heavy atom. The molecule has 2 amide bonds. The number of carbonyl (C=O) groups is 2. The molecule has 4 N–H and O–H groups in total. The Morgan fingerprint density at radius 1 is 1.00 bits per heavy atom. The van der Waals surface area contributed by atoms with Gasteiger partial charge in [-0.05, 0) is 74.7 Å². The Balaban J connectivity index is 1.50. The normalized spacial score (nSPS) is 14.7. The Kier molecular flexibility index (Phi) is 6.94. The number of hydrogen-bond acceptors (Lipinski definition) is 5. The van der Waals surface area contributed by atoms with Crippen molar-refractivity contribution in [3.8, 4) is 5.75 Å². The highest BCUT2D eigenvalue weighted by Gasteiger charge is 2.14. The molecule has 0 radical (unpaired) electrons. The standard InChI is InChI=1S/C22H28N4O3/c1-16(24-17-7-11-20(12-8-17)29-15-21(23)27)22(28)25-18-5-9-19(10-6-18)26-13-3-2-4-14-26/h5-12,16,24H,2-4,13-15H2,1H3,(H2,23,27)(H,25,28). The number of nitrogens with two attached hydrogens (primary N) is 1. The van der Waals surface area contributed by atoms with Crippen molar-refractivity contribution >= 4 is 28.9 Å². The van der Waals surface area contributed by atoms with E-state index in [1.54, 1.807) is 31.2 Å². The largest absolute Gasteiger partial charge is 0.484 e. The van der Waals surface area contributed by atoms with Gasteiger partial charge in [-0.3, -0.25) is 9.59 Å². The molecule has 2 aromatic rings. The second-order valence-electron chi connectivity index (χ2n) is 7.23. The Labute approximate surface area is 171 Å². The molecule has 0 aromatic heterocycles. The lowest BCUT2D eigenvalue weighted by Crippen LogP contribution is -2.32. The number of amides is 2. The predicted molar refractivity (Wildman–Crippen MR) is 115 cm³/mol. The van der Waals surface area contributed by atoms with Crippen LogP contribution in [-0.4, -0.2) is 37.6 Å². The van der Waals surface area contributed by atoms with Gasteiger partial charge in [0.2, 0.25) is 5.91 Å². The van der Waals surface area contributed by atoms with Gasteiger partial charge in [-0.2, -0.15) is 0 Å². The zero-order chi connectivity index (χ0) is 20.6. The number of nitrogens with one attached hydrogen (secondary N) is 2. The number of anilines is 3. The van der Waals surface area contributed by atoms with Crippen LogP contribution in [0.25, 0.3) is 0 Å². The molecule has 1 fully saturated rings. The Hall–Kier alpha value is -3.22. The van der Waals surface area contributed by atoms with Crippen LogP contribution in [0.15, 0.2) is 48.5 Å². The summed E-state index contributed by atoms with van der Waals surface area (Å²) in [5, 5.41) is 6.09. The third-order valence-corrected chi connectivity index (χ3v) is 4.87. The third kappa shape index (κ3) is 6.14. The van der Waals surface area contributed by atoms with Crippen LogP contribution in [0.2, 0.25) is 0 Å². The fraction of sp³-hybridized carbons (Fsp3) is 0.364. The Morgan fingerprint density at radius 2 is 1.62 bits per heavy atom. The highest BCUT2D eigenvalue weighted by atomic mass is 16.5. The summed E-state index contributed by atoms with van der Waals surface area (Å²) in [6.07, 6.45) is 3.78.